The van der Waals surface area contributed by atoms with Gasteiger partial charge >= 0.3 is 12.0 Å². The van der Waals surface area contributed by atoms with Crippen LogP contribution in [-0.4, -0.2) is 30.6 Å². The fourth-order valence-electron chi connectivity index (χ4n) is 3.18. The van der Waals surface area contributed by atoms with Crippen molar-refractivity contribution >= 4 is 39.3 Å². The van der Waals surface area contributed by atoms with Crippen molar-refractivity contribution < 1.29 is 19.1 Å². The number of carbonyl (C=O) groups is 3. The summed E-state index contributed by atoms with van der Waals surface area (Å²) in [6.07, 6.45) is 4.25. The molecule has 26 heavy (non-hydrogen) atoms. The molecule has 1 aromatic carbocycles. The summed E-state index contributed by atoms with van der Waals surface area (Å²) in [5.41, 5.74) is 0. The second kappa shape index (κ2) is 8.31. The first-order valence-electron chi connectivity index (χ1n) is 8.79. The number of urea groups is 1. The summed E-state index contributed by atoms with van der Waals surface area (Å²) >= 11 is 1.31. The van der Waals surface area contributed by atoms with E-state index in [0.29, 0.717) is 10.8 Å². The zero-order chi connectivity index (χ0) is 18.5. The fourth-order valence-corrected chi connectivity index (χ4v) is 4.14. The molecule has 1 aromatic heterocycles. The van der Waals surface area contributed by atoms with Crippen LogP contribution in [0.15, 0.2) is 30.3 Å². The average molecular weight is 374 g/mol. The summed E-state index contributed by atoms with van der Waals surface area (Å²) in [7, 11) is 0. The van der Waals surface area contributed by atoms with E-state index in [-0.39, 0.29) is 6.04 Å². The van der Waals surface area contributed by atoms with E-state index in [2.05, 4.69) is 17.6 Å². The molecule has 2 atom stereocenters. The minimum Gasteiger partial charge on any atom is -0.451 e. The van der Waals surface area contributed by atoms with Crippen LogP contribution in [0.1, 0.15) is 42.3 Å². The molecule has 3 amide bonds. The zero-order valence-electron chi connectivity index (χ0n) is 14.6. The Balaban J connectivity index is 1.45. The number of imide groups is 1. The number of amides is 3. The van der Waals surface area contributed by atoms with Crippen molar-refractivity contribution in [1.82, 2.24) is 10.6 Å². The Bertz CT molecular complexity index is 784. The lowest BCUT2D eigenvalue weighted by atomic mass is 9.86. The molecule has 0 spiro atoms. The van der Waals surface area contributed by atoms with Crippen LogP contribution in [0, 0.1) is 5.92 Å². The van der Waals surface area contributed by atoms with Gasteiger partial charge in [-0.1, -0.05) is 38.0 Å². The predicted octanol–water partition coefficient (Wildman–Crippen LogP) is 3.46. The van der Waals surface area contributed by atoms with Crippen molar-refractivity contribution in [3.8, 4) is 0 Å². The molecule has 3 rings (SSSR count). The molecule has 1 saturated carbocycles. The van der Waals surface area contributed by atoms with Crippen molar-refractivity contribution in [1.29, 1.82) is 0 Å². The number of esters is 1. The summed E-state index contributed by atoms with van der Waals surface area (Å²) in [4.78, 5) is 36.3. The highest BCUT2D eigenvalue weighted by atomic mass is 32.1. The summed E-state index contributed by atoms with van der Waals surface area (Å²) in [5, 5.41) is 6.00. The SMILES string of the molecule is C[C@H]1CCCC[C@@H]1NC(=O)NC(=O)COC(=O)c1cc2ccccc2s1. The van der Waals surface area contributed by atoms with Crippen LogP contribution >= 0.6 is 11.3 Å². The second-order valence-corrected chi connectivity index (χ2v) is 7.70. The van der Waals surface area contributed by atoms with Crippen LogP contribution < -0.4 is 10.6 Å². The number of thiophene rings is 1. The third kappa shape index (κ3) is 4.60. The van der Waals surface area contributed by atoms with Crippen molar-refractivity contribution in [2.45, 2.75) is 38.6 Å². The minimum absolute atomic E-state index is 0.0812. The van der Waals surface area contributed by atoms with E-state index in [1.165, 1.54) is 17.8 Å². The van der Waals surface area contributed by atoms with Gasteiger partial charge in [-0.05, 0) is 36.3 Å². The van der Waals surface area contributed by atoms with Gasteiger partial charge in [0.25, 0.3) is 5.91 Å². The Morgan fingerprint density at radius 1 is 1.19 bits per heavy atom. The van der Waals surface area contributed by atoms with Crippen LogP contribution in [0.4, 0.5) is 4.79 Å². The first kappa shape index (κ1) is 18.4. The van der Waals surface area contributed by atoms with E-state index < -0.39 is 24.5 Å². The maximum Gasteiger partial charge on any atom is 0.348 e. The molecule has 0 radical (unpaired) electrons. The van der Waals surface area contributed by atoms with Gasteiger partial charge in [0.05, 0.1) is 0 Å². The van der Waals surface area contributed by atoms with Crippen LogP contribution in [-0.2, 0) is 9.53 Å². The molecule has 138 valence electrons. The lowest BCUT2D eigenvalue weighted by Gasteiger charge is -2.29. The van der Waals surface area contributed by atoms with Gasteiger partial charge < -0.3 is 10.1 Å². The van der Waals surface area contributed by atoms with Crippen molar-refractivity contribution in [3.63, 3.8) is 0 Å². The Labute approximate surface area is 155 Å². The van der Waals surface area contributed by atoms with E-state index in [1.54, 1.807) is 6.07 Å². The van der Waals surface area contributed by atoms with Crippen LogP contribution in [0.5, 0.6) is 0 Å². The van der Waals surface area contributed by atoms with E-state index in [1.807, 2.05) is 24.3 Å². The van der Waals surface area contributed by atoms with Gasteiger partial charge in [0, 0.05) is 10.7 Å². The first-order chi connectivity index (χ1) is 12.5. The molecule has 1 aliphatic rings. The molecule has 0 aliphatic heterocycles. The highest BCUT2D eigenvalue weighted by Crippen LogP contribution is 2.26. The molecule has 7 heteroatoms. The van der Waals surface area contributed by atoms with Crippen LogP contribution in [0.25, 0.3) is 10.1 Å². The molecule has 0 unspecified atom stereocenters. The van der Waals surface area contributed by atoms with Gasteiger partial charge in [-0.3, -0.25) is 10.1 Å². The number of carbonyl (C=O) groups excluding carboxylic acids is 3. The molecule has 0 saturated heterocycles. The summed E-state index contributed by atoms with van der Waals surface area (Å²) in [5.74, 6) is -0.807. The number of rotatable bonds is 4. The van der Waals surface area contributed by atoms with Crippen LogP contribution in [0.2, 0.25) is 0 Å². The lowest BCUT2D eigenvalue weighted by Crippen LogP contribution is -2.48. The van der Waals surface area contributed by atoms with E-state index in [0.717, 1.165) is 29.3 Å². The monoisotopic (exact) mass is 374 g/mol. The molecule has 0 bridgehead atoms. The summed E-state index contributed by atoms with van der Waals surface area (Å²) < 4.78 is 5.99. The summed E-state index contributed by atoms with van der Waals surface area (Å²) in [6.45, 7) is 1.61. The molecule has 1 aliphatic carbocycles. The number of fused-ring (bicyclic) bond motifs is 1. The Morgan fingerprint density at radius 2 is 1.96 bits per heavy atom. The van der Waals surface area contributed by atoms with Gasteiger partial charge in [-0.2, -0.15) is 0 Å². The second-order valence-electron chi connectivity index (χ2n) is 6.61. The lowest BCUT2D eigenvalue weighted by molar-refractivity contribution is -0.123. The predicted molar refractivity (Wildman–Crippen MR) is 100 cm³/mol. The van der Waals surface area contributed by atoms with Gasteiger partial charge in [0.1, 0.15) is 4.88 Å². The summed E-state index contributed by atoms with van der Waals surface area (Å²) in [6, 6.07) is 8.89. The highest BCUT2D eigenvalue weighted by Gasteiger charge is 2.23. The van der Waals surface area contributed by atoms with Crippen molar-refractivity contribution in [2.24, 2.45) is 5.92 Å². The molecule has 1 fully saturated rings. The number of ether oxygens (including phenoxy) is 1. The van der Waals surface area contributed by atoms with Crippen molar-refractivity contribution in [2.75, 3.05) is 6.61 Å². The maximum atomic E-state index is 12.1. The third-order valence-electron chi connectivity index (χ3n) is 4.64. The molecular weight excluding hydrogens is 352 g/mol. The Hall–Kier alpha value is -2.41. The zero-order valence-corrected chi connectivity index (χ0v) is 15.4. The van der Waals surface area contributed by atoms with Gasteiger partial charge in [-0.25, -0.2) is 9.59 Å². The quantitative estimate of drug-likeness (QED) is 0.803. The standard InChI is InChI=1S/C19H22N2O4S/c1-12-6-2-4-8-14(12)20-19(24)21-17(22)11-25-18(23)16-10-13-7-3-5-9-15(13)26-16/h3,5,7,9-10,12,14H,2,4,6,8,11H2,1H3,(H2,20,21,22,24)/t12-,14-/m0/s1. The smallest absolute Gasteiger partial charge is 0.348 e. The molecular formula is C19H22N2O4S. The number of benzene rings is 1. The maximum absolute atomic E-state index is 12.1. The minimum atomic E-state index is -0.638. The van der Waals surface area contributed by atoms with E-state index in [4.69, 9.17) is 4.74 Å². The van der Waals surface area contributed by atoms with Crippen LogP contribution in [0.3, 0.4) is 0 Å². The largest absolute Gasteiger partial charge is 0.451 e. The number of nitrogens with one attached hydrogen (secondary N) is 2. The molecule has 1 heterocycles. The fraction of sp³-hybridized carbons (Fsp3) is 0.421. The molecule has 2 N–H and O–H groups in total. The highest BCUT2D eigenvalue weighted by molar-refractivity contribution is 7.20. The third-order valence-corrected chi connectivity index (χ3v) is 5.74. The number of hydrogen-bond acceptors (Lipinski definition) is 5. The van der Waals surface area contributed by atoms with Gasteiger partial charge in [-0.15, -0.1) is 11.3 Å². The Morgan fingerprint density at radius 3 is 2.73 bits per heavy atom. The van der Waals surface area contributed by atoms with Gasteiger partial charge in [0.15, 0.2) is 6.61 Å². The topological polar surface area (TPSA) is 84.5 Å². The average Bonchev–Trinajstić information content (AvgIpc) is 3.06. The van der Waals surface area contributed by atoms with Crippen molar-refractivity contribution in [3.05, 3.63) is 35.2 Å². The molecule has 2 aromatic rings. The van der Waals surface area contributed by atoms with E-state index in [9.17, 15) is 14.4 Å². The number of hydrogen-bond donors (Lipinski definition) is 2. The van der Waals surface area contributed by atoms with E-state index >= 15 is 0 Å². The first-order valence-corrected chi connectivity index (χ1v) is 9.60. The Kier molecular flexibility index (Phi) is 5.88. The van der Waals surface area contributed by atoms with Gasteiger partial charge in [0.2, 0.25) is 0 Å². The normalized spacial score (nSPS) is 19.7. The molecule has 6 nitrogen and oxygen atoms in total.